The first kappa shape index (κ1) is 13.9. The van der Waals surface area contributed by atoms with Crippen LogP contribution in [0.15, 0.2) is 30.7 Å². The maximum atomic E-state index is 4.45. The minimum Gasteiger partial charge on any atom is -0.382 e. The summed E-state index contributed by atoms with van der Waals surface area (Å²) >= 11 is 1.90. The predicted molar refractivity (Wildman–Crippen MR) is 82.2 cm³/mol. The summed E-state index contributed by atoms with van der Waals surface area (Å²) in [6.07, 6.45) is 10.1. The van der Waals surface area contributed by atoms with E-state index >= 15 is 0 Å². The Kier molecular flexibility index (Phi) is 5.27. The first-order valence-electron chi connectivity index (χ1n) is 6.51. The van der Waals surface area contributed by atoms with E-state index < -0.39 is 0 Å². The van der Waals surface area contributed by atoms with Crippen LogP contribution in [0.3, 0.4) is 0 Å². The highest BCUT2D eigenvalue weighted by Gasteiger charge is 2.07. The van der Waals surface area contributed by atoms with Gasteiger partial charge in [-0.1, -0.05) is 0 Å². The molecular formula is C14H20N4S. The first-order valence-corrected chi connectivity index (χ1v) is 7.90. The number of nitrogens with zero attached hydrogens (tertiary/aromatic N) is 3. The van der Waals surface area contributed by atoms with E-state index in [0.29, 0.717) is 0 Å². The van der Waals surface area contributed by atoms with Crippen LogP contribution < -0.4 is 5.32 Å². The lowest BCUT2D eigenvalue weighted by Crippen LogP contribution is -2.08. The number of hydrogen-bond donors (Lipinski definition) is 1. The van der Waals surface area contributed by atoms with Gasteiger partial charge in [-0.25, -0.2) is 9.97 Å². The van der Waals surface area contributed by atoms with E-state index in [0.717, 1.165) is 23.9 Å². The number of anilines is 1. The quantitative estimate of drug-likeness (QED) is 0.789. The summed E-state index contributed by atoms with van der Waals surface area (Å²) in [7, 11) is 0. The van der Waals surface area contributed by atoms with Crippen molar-refractivity contribution in [3.8, 4) is 5.82 Å². The number of unbranched alkanes of at least 4 members (excludes halogenated alkanes) is 1. The van der Waals surface area contributed by atoms with E-state index in [4.69, 9.17) is 0 Å². The summed E-state index contributed by atoms with van der Waals surface area (Å²) in [5.41, 5.74) is 1.06. The second-order valence-corrected chi connectivity index (χ2v) is 5.33. The number of aromatic nitrogens is 3. The second-order valence-electron chi connectivity index (χ2n) is 4.35. The maximum Gasteiger partial charge on any atom is 0.161 e. The molecule has 0 fully saturated rings. The third-order valence-electron chi connectivity index (χ3n) is 2.93. The molecule has 102 valence electrons. The largest absolute Gasteiger partial charge is 0.382 e. The van der Waals surface area contributed by atoms with Crippen molar-refractivity contribution < 1.29 is 0 Å². The molecule has 4 nitrogen and oxygen atoms in total. The molecule has 0 aliphatic carbocycles. The van der Waals surface area contributed by atoms with Crippen molar-refractivity contribution in [2.45, 2.75) is 19.8 Å². The zero-order valence-corrected chi connectivity index (χ0v) is 12.3. The van der Waals surface area contributed by atoms with Gasteiger partial charge in [-0.05, 0) is 43.9 Å². The molecule has 0 atom stereocenters. The number of imidazole rings is 1. The zero-order chi connectivity index (χ0) is 13.5. The molecule has 0 aromatic carbocycles. The fourth-order valence-corrected chi connectivity index (χ4v) is 2.42. The molecule has 0 radical (unpaired) electrons. The van der Waals surface area contributed by atoms with Gasteiger partial charge in [-0.15, -0.1) is 0 Å². The topological polar surface area (TPSA) is 42.7 Å². The maximum absolute atomic E-state index is 4.45. The fraction of sp³-hybridized carbons (Fsp3) is 0.429. The zero-order valence-electron chi connectivity index (χ0n) is 11.5. The minimum absolute atomic E-state index is 0.919. The van der Waals surface area contributed by atoms with Crippen LogP contribution in [0.2, 0.25) is 0 Å². The van der Waals surface area contributed by atoms with Gasteiger partial charge in [-0.2, -0.15) is 11.8 Å². The minimum atomic E-state index is 0.919. The third-order valence-corrected chi connectivity index (χ3v) is 3.63. The van der Waals surface area contributed by atoms with Crippen LogP contribution in [0.5, 0.6) is 0 Å². The van der Waals surface area contributed by atoms with E-state index in [1.54, 1.807) is 6.20 Å². The van der Waals surface area contributed by atoms with Crippen LogP contribution >= 0.6 is 11.8 Å². The van der Waals surface area contributed by atoms with Gasteiger partial charge in [0, 0.05) is 25.1 Å². The molecule has 2 aromatic heterocycles. The molecule has 2 aromatic rings. The van der Waals surface area contributed by atoms with E-state index in [1.807, 2.05) is 41.7 Å². The van der Waals surface area contributed by atoms with Crippen LogP contribution in [0.25, 0.3) is 5.82 Å². The van der Waals surface area contributed by atoms with Crippen molar-refractivity contribution in [2.75, 3.05) is 23.9 Å². The summed E-state index contributed by atoms with van der Waals surface area (Å²) in [5, 5.41) is 3.47. The Balaban J connectivity index is 2.03. The normalized spacial score (nSPS) is 10.6. The molecule has 0 aliphatic rings. The molecule has 0 bridgehead atoms. The molecule has 19 heavy (non-hydrogen) atoms. The summed E-state index contributed by atoms with van der Waals surface area (Å²) in [6, 6.07) is 4.02. The van der Waals surface area contributed by atoms with Crippen LogP contribution in [0, 0.1) is 6.92 Å². The highest BCUT2D eigenvalue weighted by molar-refractivity contribution is 7.98. The molecular weight excluding hydrogens is 256 g/mol. The summed E-state index contributed by atoms with van der Waals surface area (Å²) < 4.78 is 2.00. The lowest BCUT2D eigenvalue weighted by atomic mass is 10.3. The monoisotopic (exact) mass is 276 g/mol. The smallest absolute Gasteiger partial charge is 0.161 e. The third kappa shape index (κ3) is 3.73. The summed E-state index contributed by atoms with van der Waals surface area (Å²) in [6.45, 7) is 2.96. The second kappa shape index (κ2) is 7.19. The Morgan fingerprint density at radius 3 is 2.89 bits per heavy atom. The van der Waals surface area contributed by atoms with Gasteiger partial charge < -0.3 is 5.32 Å². The van der Waals surface area contributed by atoms with E-state index in [9.17, 15) is 0 Å². The highest BCUT2D eigenvalue weighted by Crippen LogP contribution is 2.18. The molecule has 1 N–H and O–H groups in total. The fourth-order valence-electron chi connectivity index (χ4n) is 1.92. The molecule has 5 heteroatoms. The van der Waals surface area contributed by atoms with Gasteiger partial charge in [0.15, 0.2) is 5.82 Å². The van der Waals surface area contributed by atoms with Crippen LogP contribution in [-0.2, 0) is 0 Å². The SMILES string of the molecule is CSCCCCNc1cccnc1-n1ccnc1C. The lowest BCUT2D eigenvalue weighted by Gasteiger charge is -2.12. The lowest BCUT2D eigenvalue weighted by molar-refractivity contribution is 0.838. The summed E-state index contributed by atoms with van der Waals surface area (Å²) in [5.74, 6) is 3.09. The number of thioether (sulfide) groups is 1. The molecule has 0 spiro atoms. The Hall–Kier alpha value is -1.49. The average molecular weight is 276 g/mol. The predicted octanol–water partition coefficient (Wildman–Crippen LogP) is 3.13. The van der Waals surface area contributed by atoms with Crippen molar-refractivity contribution in [3.05, 3.63) is 36.5 Å². The van der Waals surface area contributed by atoms with Gasteiger partial charge in [0.2, 0.25) is 0 Å². The number of aryl methyl sites for hydroxylation is 1. The van der Waals surface area contributed by atoms with Gasteiger partial charge in [0.05, 0.1) is 5.69 Å². The van der Waals surface area contributed by atoms with Crippen LogP contribution in [0.4, 0.5) is 5.69 Å². The van der Waals surface area contributed by atoms with Gasteiger partial charge >= 0.3 is 0 Å². The Bertz CT molecular complexity index is 510. The van der Waals surface area contributed by atoms with Crippen molar-refractivity contribution in [1.29, 1.82) is 0 Å². The molecule has 0 saturated heterocycles. The van der Waals surface area contributed by atoms with Crippen molar-refractivity contribution in [2.24, 2.45) is 0 Å². The number of hydrogen-bond acceptors (Lipinski definition) is 4. The Labute approximate surface area is 118 Å². The van der Waals surface area contributed by atoms with Crippen molar-refractivity contribution in [3.63, 3.8) is 0 Å². The average Bonchev–Trinajstić information content (AvgIpc) is 2.85. The Morgan fingerprint density at radius 2 is 2.16 bits per heavy atom. The standard InChI is InChI=1S/C14H20N4S/c1-12-15-9-10-18(12)14-13(6-5-8-17-14)16-7-3-4-11-19-2/h5-6,8-10,16H,3-4,7,11H2,1-2H3. The van der Waals surface area contributed by atoms with Crippen LogP contribution in [0.1, 0.15) is 18.7 Å². The molecule has 0 unspecified atom stereocenters. The van der Waals surface area contributed by atoms with E-state index in [2.05, 4.69) is 27.6 Å². The summed E-state index contributed by atoms with van der Waals surface area (Å²) in [4.78, 5) is 8.70. The molecule has 2 heterocycles. The van der Waals surface area contributed by atoms with Crippen molar-refractivity contribution in [1.82, 2.24) is 14.5 Å². The Morgan fingerprint density at radius 1 is 1.26 bits per heavy atom. The van der Waals surface area contributed by atoms with Crippen molar-refractivity contribution >= 4 is 17.4 Å². The van der Waals surface area contributed by atoms with Gasteiger partial charge in [-0.3, -0.25) is 4.57 Å². The van der Waals surface area contributed by atoms with Gasteiger partial charge in [0.25, 0.3) is 0 Å². The number of pyridine rings is 1. The number of rotatable bonds is 7. The molecule has 0 aliphatic heterocycles. The molecule has 2 rings (SSSR count). The van der Waals surface area contributed by atoms with Crippen LogP contribution in [-0.4, -0.2) is 33.1 Å². The highest BCUT2D eigenvalue weighted by atomic mass is 32.2. The molecule has 0 saturated carbocycles. The van der Waals surface area contributed by atoms with E-state index in [-0.39, 0.29) is 0 Å². The van der Waals surface area contributed by atoms with E-state index in [1.165, 1.54) is 18.6 Å². The molecule has 0 amide bonds. The number of nitrogens with one attached hydrogen (secondary N) is 1. The first-order chi connectivity index (χ1) is 9.33. The van der Waals surface area contributed by atoms with Gasteiger partial charge in [0.1, 0.15) is 5.82 Å².